The lowest BCUT2D eigenvalue weighted by Gasteiger charge is -2.01. The molecule has 0 aliphatic carbocycles. The van der Waals surface area contributed by atoms with E-state index >= 15 is 0 Å². The van der Waals surface area contributed by atoms with Crippen LogP contribution < -0.4 is 0 Å². The second-order valence-corrected chi connectivity index (χ2v) is 6.74. The van der Waals surface area contributed by atoms with E-state index < -0.39 is 0 Å². The van der Waals surface area contributed by atoms with Crippen molar-refractivity contribution in [1.29, 1.82) is 0 Å². The number of hydrogen-bond acceptors (Lipinski definition) is 1. The summed E-state index contributed by atoms with van der Waals surface area (Å²) >= 11 is 0. The normalized spacial score (nSPS) is 11.8. The van der Waals surface area contributed by atoms with E-state index in [0.717, 1.165) is 33.0 Å². The van der Waals surface area contributed by atoms with Gasteiger partial charge in [-0.2, -0.15) is 0 Å². The number of rotatable bonds is 1. The summed E-state index contributed by atoms with van der Waals surface area (Å²) in [5, 5.41) is 4.81. The van der Waals surface area contributed by atoms with E-state index in [1.165, 1.54) is 21.9 Å². The third-order valence-corrected chi connectivity index (χ3v) is 5.20. The van der Waals surface area contributed by atoms with Crippen LogP contribution in [0.3, 0.4) is 0 Å². The quantitative estimate of drug-likeness (QED) is 0.349. The first-order valence-electron chi connectivity index (χ1n) is 8.79. The summed E-state index contributed by atoms with van der Waals surface area (Å²) in [6, 6.07) is 29.7. The summed E-state index contributed by atoms with van der Waals surface area (Å²) in [5.41, 5.74) is 6.54. The van der Waals surface area contributed by atoms with Gasteiger partial charge < -0.3 is 9.40 Å². The SMILES string of the molecule is c1ccc(-c2ccc3oc4cc5[nH]c6ccccc6c5cc4c3c2)cc1. The summed E-state index contributed by atoms with van der Waals surface area (Å²) in [6.45, 7) is 0. The summed E-state index contributed by atoms with van der Waals surface area (Å²) in [7, 11) is 0. The topological polar surface area (TPSA) is 28.9 Å². The molecule has 0 aliphatic heterocycles. The van der Waals surface area contributed by atoms with Crippen molar-refractivity contribution in [3.05, 3.63) is 84.9 Å². The summed E-state index contributed by atoms with van der Waals surface area (Å²) in [6.07, 6.45) is 0. The van der Waals surface area contributed by atoms with Crippen LogP contribution in [-0.2, 0) is 0 Å². The number of nitrogens with one attached hydrogen (secondary N) is 1. The Balaban J connectivity index is 1.70. The van der Waals surface area contributed by atoms with Crippen molar-refractivity contribution >= 4 is 43.7 Å². The van der Waals surface area contributed by atoms with Crippen molar-refractivity contribution < 1.29 is 4.42 Å². The zero-order valence-electron chi connectivity index (χ0n) is 14.0. The van der Waals surface area contributed by atoms with Crippen LogP contribution in [-0.4, -0.2) is 4.98 Å². The number of furan rings is 1. The fourth-order valence-electron chi connectivity index (χ4n) is 3.93. The van der Waals surface area contributed by atoms with Gasteiger partial charge in [0.15, 0.2) is 0 Å². The van der Waals surface area contributed by atoms with Gasteiger partial charge in [-0.1, -0.05) is 54.6 Å². The zero-order chi connectivity index (χ0) is 17.1. The summed E-state index contributed by atoms with van der Waals surface area (Å²) < 4.78 is 6.13. The van der Waals surface area contributed by atoms with Crippen LogP contribution in [0.1, 0.15) is 0 Å². The lowest BCUT2D eigenvalue weighted by atomic mass is 10.0. The Kier molecular flexibility index (Phi) is 2.64. The van der Waals surface area contributed by atoms with Crippen molar-refractivity contribution in [3.8, 4) is 11.1 Å². The third-order valence-electron chi connectivity index (χ3n) is 5.20. The molecule has 2 heteroatoms. The molecule has 2 heterocycles. The second-order valence-electron chi connectivity index (χ2n) is 6.74. The molecule has 0 fully saturated rings. The van der Waals surface area contributed by atoms with Gasteiger partial charge in [-0.15, -0.1) is 0 Å². The number of para-hydroxylation sites is 1. The molecule has 0 bridgehead atoms. The van der Waals surface area contributed by atoms with E-state index in [9.17, 15) is 0 Å². The van der Waals surface area contributed by atoms with E-state index in [1.807, 2.05) is 6.07 Å². The fourth-order valence-corrected chi connectivity index (χ4v) is 3.93. The highest BCUT2D eigenvalue weighted by Gasteiger charge is 2.12. The van der Waals surface area contributed by atoms with Crippen LogP contribution >= 0.6 is 0 Å². The third kappa shape index (κ3) is 1.87. The molecule has 0 saturated carbocycles. The number of aromatic nitrogens is 1. The summed E-state index contributed by atoms with van der Waals surface area (Å²) in [5.74, 6) is 0. The predicted molar refractivity (Wildman–Crippen MR) is 109 cm³/mol. The minimum atomic E-state index is 0.921. The van der Waals surface area contributed by atoms with Crippen molar-refractivity contribution in [2.24, 2.45) is 0 Å². The number of benzene rings is 4. The molecular formula is C24H15NO. The molecule has 2 nitrogen and oxygen atoms in total. The standard InChI is InChI=1S/C24H15NO/c1-2-6-15(7-3-1)16-10-11-23-19(12-16)20-13-18-17-8-4-5-9-21(17)25-22(18)14-24(20)26-23/h1-14,25H. The first-order valence-corrected chi connectivity index (χ1v) is 8.79. The maximum atomic E-state index is 6.13. The van der Waals surface area contributed by atoms with Gasteiger partial charge in [0.05, 0.1) is 5.52 Å². The Bertz CT molecular complexity index is 1420. The fraction of sp³-hybridized carbons (Fsp3) is 0. The molecule has 4 aromatic carbocycles. The van der Waals surface area contributed by atoms with Crippen molar-refractivity contribution in [1.82, 2.24) is 4.98 Å². The molecule has 26 heavy (non-hydrogen) atoms. The van der Waals surface area contributed by atoms with Gasteiger partial charge in [0.25, 0.3) is 0 Å². The molecule has 122 valence electrons. The molecule has 1 N–H and O–H groups in total. The van der Waals surface area contributed by atoms with Crippen LogP contribution in [0.25, 0.3) is 54.9 Å². The van der Waals surface area contributed by atoms with E-state index in [4.69, 9.17) is 4.42 Å². The van der Waals surface area contributed by atoms with Gasteiger partial charge >= 0.3 is 0 Å². The molecule has 2 aromatic heterocycles. The van der Waals surface area contributed by atoms with Crippen molar-refractivity contribution in [2.75, 3.05) is 0 Å². The average Bonchev–Trinajstić information content (AvgIpc) is 3.23. The van der Waals surface area contributed by atoms with Crippen LogP contribution in [0.2, 0.25) is 0 Å². The van der Waals surface area contributed by atoms with Gasteiger partial charge in [-0.3, -0.25) is 0 Å². The van der Waals surface area contributed by atoms with Gasteiger partial charge in [0.1, 0.15) is 11.2 Å². The van der Waals surface area contributed by atoms with E-state index in [0.29, 0.717) is 0 Å². The van der Waals surface area contributed by atoms with E-state index in [2.05, 4.69) is 83.8 Å². The van der Waals surface area contributed by atoms with Gasteiger partial charge in [-0.25, -0.2) is 0 Å². The Morgan fingerprint density at radius 1 is 0.500 bits per heavy atom. The molecule has 0 amide bonds. The Labute approximate surface area is 149 Å². The molecule has 0 radical (unpaired) electrons. The summed E-state index contributed by atoms with van der Waals surface area (Å²) in [4.78, 5) is 3.49. The van der Waals surface area contributed by atoms with E-state index in [1.54, 1.807) is 0 Å². The smallest absolute Gasteiger partial charge is 0.137 e. The molecule has 0 unspecified atom stereocenters. The number of aromatic amines is 1. The lowest BCUT2D eigenvalue weighted by Crippen LogP contribution is -1.76. The molecule has 6 aromatic rings. The Hall–Kier alpha value is -3.52. The van der Waals surface area contributed by atoms with Gasteiger partial charge in [0.2, 0.25) is 0 Å². The average molecular weight is 333 g/mol. The van der Waals surface area contributed by atoms with Crippen molar-refractivity contribution in [3.63, 3.8) is 0 Å². The molecular weight excluding hydrogens is 318 g/mol. The highest BCUT2D eigenvalue weighted by Crippen LogP contribution is 2.36. The minimum Gasteiger partial charge on any atom is -0.456 e. The number of hydrogen-bond donors (Lipinski definition) is 1. The largest absolute Gasteiger partial charge is 0.456 e. The maximum absolute atomic E-state index is 6.13. The first-order chi connectivity index (χ1) is 12.9. The highest BCUT2D eigenvalue weighted by atomic mass is 16.3. The van der Waals surface area contributed by atoms with Crippen LogP contribution in [0.5, 0.6) is 0 Å². The lowest BCUT2D eigenvalue weighted by molar-refractivity contribution is 0.669. The van der Waals surface area contributed by atoms with Gasteiger partial charge in [-0.05, 0) is 35.4 Å². The molecule has 0 saturated heterocycles. The minimum absolute atomic E-state index is 0.921. The van der Waals surface area contributed by atoms with E-state index in [-0.39, 0.29) is 0 Å². The molecule has 6 rings (SSSR count). The predicted octanol–water partition coefficient (Wildman–Crippen LogP) is 6.89. The molecule has 0 atom stereocenters. The monoisotopic (exact) mass is 333 g/mol. The van der Waals surface area contributed by atoms with Crippen LogP contribution in [0.15, 0.2) is 89.3 Å². The highest BCUT2D eigenvalue weighted by molar-refractivity contribution is 6.16. The maximum Gasteiger partial charge on any atom is 0.137 e. The molecule has 0 aliphatic rings. The zero-order valence-corrected chi connectivity index (χ0v) is 14.0. The van der Waals surface area contributed by atoms with Crippen molar-refractivity contribution in [2.45, 2.75) is 0 Å². The number of H-pyrrole nitrogens is 1. The first kappa shape index (κ1) is 13.7. The van der Waals surface area contributed by atoms with Gasteiger partial charge in [0, 0.05) is 33.1 Å². The molecule has 0 spiro atoms. The number of fused-ring (bicyclic) bond motifs is 6. The Morgan fingerprint density at radius 3 is 2.23 bits per heavy atom. The Morgan fingerprint density at radius 2 is 1.31 bits per heavy atom. The van der Waals surface area contributed by atoms with Crippen LogP contribution in [0, 0.1) is 0 Å². The second kappa shape index (κ2) is 4.99. The van der Waals surface area contributed by atoms with Crippen LogP contribution in [0.4, 0.5) is 0 Å².